The molecule has 1 N–H and O–H groups in total. The number of aliphatic hydroxyl groups is 1. The lowest BCUT2D eigenvalue weighted by atomic mass is 9.89. The van der Waals surface area contributed by atoms with E-state index in [9.17, 15) is 4.39 Å². The quantitative estimate of drug-likeness (QED) is 0.403. The van der Waals surface area contributed by atoms with Crippen molar-refractivity contribution in [1.29, 1.82) is 0 Å². The van der Waals surface area contributed by atoms with Crippen LogP contribution in [0.3, 0.4) is 0 Å². The fourth-order valence-electron chi connectivity index (χ4n) is 4.83. The lowest BCUT2D eigenvalue weighted by Crippen LogP contribution is -2.35. The number of nitrogens with zero attached hydrogens (tertiary/aromatic N) is 5. The van der Waals surface area contributed by atoms with E-state index in [1.54, 1.807) is 11.0 Å². The van der Waals surface area contributed by atoms with Gasteiger partial charge in [0.2, 0.25) is 0 Å². The Labute approximate surface area is 198 Å². The van der Waals surface area contributed by atoms with Gasteiger partial charge in [0.05, 0.1) is 25.3 Å². The minimum atomic E-state index is -0.237. The van der Waals surface area contributed by atoms with Gasteiger partial charge >= 0.3 is 0 Å². The van der Waals surface area contributed by atoms with Crippen molar-refractivity contribution >= 4 is 10.9 Å². The van der Waals surface area contributed by atoms with Gasteiger partial charge in [-0.05, 0) is 79.9 Å². The lowest BCUT2D eigenvalue weighted by Gasteiger charge is -2.31. The van der Waals surface area contributed by atoms with Crippen LogP contribution in [-0.4, -0.2) is 68.8 Å². The molecule has 1 fully saturated rings. The zero-order valence-electron chi connectivity index (χ0n) is 19.4. The second-order valence-corrected chi connectivity index (χ2v) is 8.86. The number of aliphatic hydroxyl groups excluding tert-OH is 1. The van der Waals surface area contributed by atoms with Gasteiger partial charge < -0.3 is 19.3 Å². The molecular formula is C26H30FN5O2. The van der Waals surface area contributed by atoms with Crippen molar-refractivity contribution in [2.24, 2.45) is 7.05 Å². The van der Waals surface area contributed by atoms with E-state index in [-0.39, 0.29) is 12.4 Å². The molecule has 4 aromatic rings. The smallest absolute Gasteiger partial charge is 0.181 e. The standard InChI is InChI=1S/C26H30FN5O2/c1-30-18-28-26(29-30)20-2-7-25-23(16-20)24(17-32(25)22-5-3-21(27)4-6-22)19-8-10-31(11-9-19)12-14-34-15-13-33/h2-7,16-19,33H,8-15H2,1H3. The minimum absolute atomic E-state index is 0.0657. The number of piperidine rings is 1. The first kappa shape index (κ1) is 22.7. The third kappa shape index (κ3) is 4.75. The number of aryl methyl sites for hydroxylation is 1. The second-order valence-electron chi connectivity index (χ2n) is 8.86. The summed E-state index contributed by atoms with van der Waals surface area (Å²) in [5.74, 6) is 0.910. The molecule has 0 aliphatic carbocycles. The van der Waals surface area contributed by atoms with Gasteiger partial charge in [0.25, 0.3) is 0 Å². The molecular weight excluding hydrogens is 433 g/mol. The van der Waals surface area contributed by atoms with Gasteiger partial charge in [0, 0.05) is 36.4 Å². The molecule has 178 valence electrons. The number of fused-ring (bicyclic) bond motifs is 1. The zero-order chi connectivity index (χ0) is 23.5. The van der Waals surface area contributed by atoms with Crippen LogP contribution in [0, 0.1) is 5.82 Å². The first-order valence-corrected chi connectivity index (χ1v) is 11.8. The maximum Gasteiger partial charge on any atom is 0.181 e. The third-order valence-electron chi connectivity index (χ3n) is 6.61. The molecule has 5 rings (SSSR count). The number of hydrogen-bond acceptors (Lipinski definition) is 5. The van der Waals surface area contributed by atoms with Gasteiger partial charge in [-0.2, -0.15) is 5.10 Å². The summed E-state index contributed by atoms with van der Waals surface area (Å²) in [6.07, 6.45) is 6.06. The highest BCUT2D eigenvalue weighted by Crippen LogP contribution is 2.37. The van der Waals surface area contributed by atoms with E-state index in [0.29, 0.717) is 25.0 Å². The molecule has 0 saturated carbocycles. The van der Waals surface area contributed by atoms with Gasteiger partial charge in [-0.15, -0.1) is 0 Å². The Bertz CT molecular complexity index is 1240. The number of likely N-dealkylation sites (tertiary alicyclic amines) is 1. The normalized spacial score (nSPS) is 15.4. The van der Waals surface area contributed by atoms with Crippen molar-refractivity contribution in [3.8, 4) is 17.1 Å². The monoisotopic (exact) mass is 463 g/mol. The van der Waals surface area contributed by atoms with Crippen molar-refractivity contribution < 1.29 is 14.2 Å². The van der Waals surface area contributed by atoms with Crippen molar-refractivity contribution in [2.75, 3.05) is 39.5 Å². The Morgan fingerprint density at radius 3 is 2.59 bits per heavy atom. The maximum atomic E-state index is 13.6. The predicted octanol–water partition coefficient (Wildman–Crippen LogP) is 3.75. The molecule has 7 nitrogen and oxygen atoms in total. The average Bonchev–Trinajstić information content (AvgIpc) is 3.46. The van der Waals surface area contributed by atoms with Gasteiger partial charge in [-0.3, -0.25) is 4.68 Å². The average molecular weight is 464 g/mol. The topological polar surface area (TPSA) is 68.3 Å². The van der Waals surface area contributed by atoms with E-state index in [1.165, 1.54) is 23.1 Å². The molecule has 0 amide bonds. The van der Waals surface area contributed by atoms with Gasteiger partial charge in [-0.25, -0.2) is 9.37 Å². The number of hydrogen-bond donors (Lipinski definition) is 1. The number of halogens is 1. The second kappa shape index (κ2) is 10.0. The summed E-state index contributed by atoms with van der Waals surface area (Å²) in [5.41, 5.74) is 4.35. The van der Waals surface area contributed by atoms with Crippen molar-refractivity contribution in [1.82, 2.24) is 24.2 Å². The van der Waals surface area contributed by atoms with E-state index in [1.807, 2.05) is 19.2 Å². The molecule has 1 saturated heterocycles. The minimum Gasteiger partial charge on any atom is -0.394 e. The molecule has 0 radical (unpaired) electrons. The molecule has 2 aromatic heterocycles. The zero-order valence-corrected chi connectivity index (χ0v) is 19.4. The number of ether oxygens (including phenoxy) is 1. The molecule has 0 bridgehead atoms. The molecule has 1 aliphatic rings. The van der Waals surface area contributed by atoms with Gasteiger partial charge in [0.15, 0.2) is 5.82 Å². The number of rotatable bonds is 8. The maximum absolute atomic E-state index is 13.6. The van der Waals surface area contributed by atoms with Crippen molar-refractivity contribution in [3.05, 3.63) is 66.4 Å². The largest absolute Gasteiger partial charge is 0.394 e. The van der Waals surface area contributed by atoms with Crippen LogP contribution in [0.4, 0.5) is 4.39 Å². The lowest BCUT2D eigenvalue weighted by molar-refractivity contribution is 0.0680. The highest BCUT2D eigenvalue weighted by molar-refractivity contribution is 5.89. The number of benzene rings is 2. The molecule has 2 aromatic carbocycles. The van der Waals surface area contributed by atoms with E-state index in [2.05, 4.69) is 43.9 Å². The Hall–Kier alpha value is -3.07. The molecule has 0 atom stereocenters. The van der Waals surface area contributed by atoms with Crippen LogP contribution in [-0.2, 0) is 11.8 Å². The molecule has 8 heteroatoms. The van der Waals surface area contributed by atoms with Crippen LogP contribution in [0.25, 0.3) is 28.0 Å². The van der Waals surface area contributed by atoms with Crippen molar-refractivity contribution in [2.45, 2.75) is 18.8 Å². The van der Waals surface area contributed by atoms with Crippen LogP contribution in [0.15, 0.2) is 55.0 Å². The Balaban J connectivity index is 1.45. The molecule has 0 unspecified atom stereocenters. The van der Waals surface area contributed by atoms with Gasteiger partial charge in [0.1, 0.15) is 12.1 Å². The van der Waals surface area contributed by atoms with Crippen LogP contribution in [0.2, 0.25) is 0 Å². The Kier molecular flexibility index (Phi) is 6.71. The van der Waals surface area contributed by atoms with E-state index in [0.717, 1.165) is 49.2 Å². The van der Waals surface area contributed by atoms with E-state index < -0.39 is 0 Å². The Morgan fingerprint density at radius 2 is 1.88 bits per heavy atom. The summed E-state index contributed by atoms with van der Waals surface area (Å²) in [4.78, 5) is 6.86. The summed E-state index contributed by atoms with van der Waals surface area (Å²) in [6, 6.07) is 13.0. The first-order valence-electron chi connectivity index (χ1n) is 11.8. The summed E-state index contributed by atoms with van der Waals surface area (Å²) in [5, 5.41) is 14.5. The van der Waals surface area contributed by atoms with Crippen LogP contribution in [0.1, 0.15) is 24.3 Å². The number of aromatic nitrogens is 4. The fraction of sp³-hybridized carbons (Fsp3) is 0.385. The van der Waals surface area contributed by atoms with E-state index >= 15 is 0 Å². The van der Waals surface area contributed by atoms with E-state index in [4.69, 9.17) is 9.84 Å². The van der Waals surface area contributed by atoms with Crippen LogP contribution >= 0.6 is 0 Å². The predicted molar refractivity (Wildman–Crippen MR) is 130 cm³/mol. The Morgan fingerprint density at radius 1 is 1.09 bits per heavy atom. The van der Waals surface area contributed by atoms with Crippen LogP contribution in [0.5, 0.6) is 0 Å². The van der Waals surface area contributed by atoms with Crippen molar-refractivity contribution in [3.63, 3.8) is 0 Å². The van der Waals surface area contributed by atoms with Crippen LogP contribution < -0.4 is 0 Å². The van der Waals surface area contributed by atoms with Gasteiger partial charge in [-0.1, -0.05) is 0 Å². The first-order chi connectivity index (χ1) is 16.6. The highest BCUT2D eigenvalue weighted by Gasteiger charge is 2.24. The molecule has 1 aliphatic heterocycles. The molecule has 34 heavy (non-hydrogen) atoms. The third-order valence-corrected chi connectivity index (χ3v) is 6.61. The fourth-order valence-corrected chi connectivity index (χ4v) is 4.83. The summed E-state index contributed by atoms with van der Waals surface area (Å²) in [6.45, 7) is 4.02. The highest BCUT2D eigenvalue weighted by atomic mass is 19.1. The summed E-state index contributed by atoms with van der Waals surface area (Å²) >= 11 is 0. The summed E-state index contributed by atoms with van der Waals surface area (Å²) < 4.78 is 22.9. The SMILES string of the molecule is Cn1cnc(-c2ccc3c(c2)c(C2CCN(CCOCCO)CC2)cn3-c2ccc(F)cc2)n1. The molecule has 0 spiro atoms. The molecule has 3 heterocycles. The summed E-state index contributed by atoms with van der Waals surface area (Å²) in [7, 11) is 1.87.